The third-order valence-electron chi connectivity index (χ3n) is 6.83. The van der Waals surface area contributed by atoms with Gasteiger partial charge in [0.15, 0.2) is 6.10 Å². The molecule has 2 heterocycles. The van der Waals surface area contributed by atoms with Gasteiger partial charge in [-0.2, -0.15) is 0 Å². The quantitative estimate of drug-likeness (QED) is 0.613. The van der Waals surface area contributed by atoms with Crippen molar-refractivity contribution in [2.45, 2.75) is 43.1 Å². The summed E-state index contributed by atoms with van der Waals surface area (Å²) >= 11 is 0. The van der Waals surface area contributed by atoms with E-state index >= 15 is 0 Å². The first-order valence-corrected chi connectivity index (χ1v) is 11.4. The first-order chi connectivity index (χ1) is 16.4. The topological polar surface area (TPSA) is 125 Å². The third-order valence-corrected chi connectivity index (χ3v) is 6.83. The number of nitrogens with one attached hydrogen (secondary N) is 1. The van der Waals surface area contributed by atoms with E-state index in [1.165, 1.54) is 0 Å². The molecule has 9 heteroatoms. The Morgan fingerprint density at radius 3 is 2.35 bits per heavy atom. The first-order valence-electron chi connectivity index (χ1n) is 11.4. The Balaban J connectivity index is 1.23. The molecule has 5 rings (SSSR count). The van der Waals surface area contributed by atoms with E-state index in [2.05, 4.69) is 17.4 Å². The van der Waals surface area contributed by atoms with Gasteiger partial charge in [0.1, 0.15) is 12.6 Å². The highest BCUT2D eigenvalue weighted by Gasteiger charge is 2.45. The minimum atomic E-state index is -1.18. The van der Waals surface area contributed by atoms with E-state index in [0.717, 1.165) is 27.2 Å². The molecule has 2 aliphatic heterocycles. The van der Waals surface area contributed by atoms with Crippen molar-refractivity contribution in [3.8, 4) is 11.1 Å². The van der Waals surface area contributed by atoms with E-state index in [-0.39, 0.29) is 32.1 Å². The third kappa shape index (κ3) is 4.01. The molecule has 3 N–H and O–H groups in total. The number of aliphatic carboxylic acids is 1. The summed E-state index contributed by atoms with van der Waals surface area (Å²) in [5, 5.41) is 21.9. The van der Waals surface area contributed by atoms with Crippen molar-refractivity contribution in [3.63, 3.8) is 0 Å². The minimum Gasteiger partial charge on any atom is -0.480 e. The smallest absolute Gasteiger partial charge is 0.407 e. The van der Waals surface area contributed by atoms with Gasteiger partial charge in [-0.15, -0.1) is 0 Å². The summed E-state index contributed by atoms with van der Waals surface area (Å²) < 4.78 is 11.1. The molecule has 3 aliphatic rings. The number of likely N-dealkylation sites (tertiary alicyclic amines) is 1. The van der Waals surface area contributed by atoms with E-state index < -0.39 is 42.3 Å². The number of aliphatic hydroxyl groups is 1. The number of carbonyl (C=O) groups excluding carboxylic acids is 2. The van der Waals surface area contributed by atoms with E-state index in [4.69, 9.17) is 9.47 Å². The van der Waals surface area contributed by atoms with Crippen LogP contribution in [0.3, 0.4) is 0 Å². The molecule has 2 aromatic carbocycles. The number of ether oxygens (including phenoxy) is 2. The number of carbonyl (C=O) groups is 3. The van der Waals surface area contributed by atoms with Crippen LogP contribution in [0.15, 0.2) is 48.5 Å². The lowest BCUT2D eigenvalue weighted by Gasteiger charge is -2.27. The molecule has 2 unspecified atom stereocenters. The van der Waals surface area contributed by atoms with Gasteiger partial charge in [0, 0.05) is 25.5 Å². The number of carboxylic acid groups (broad SMARTS) is 1. The molecule has 0 bridgehead atoms. The van der Waals surface area contributed by atoms with Crippen LogP contribution in [-0.4, -0.2) is 77.1 Å². The number of amides is 2. The van der Waals surface area contributed by atoms with Gasteiger partial charge >= 0.3 is 12.1 Å². The fourth-order valence-electron chi connectivity index (χ4n) is 5.23. The predicted octanol–water partition coefficient (Wildman–Crippen LogP) is 1.73. The summed E-state index contributed by atoms with van der Waals surface area (Å²) in [6.45, 7) is 0.317. The lowest BCUT2D eigenvalue weighted by atomic mass is 9.98. The summed E-state index contributed by atoms with van der Waals surface area (Å²) in [5.41, 5.74) is 4.45. The highest BCUT2D eigenvalue weighted by molar-refractivity contribution is 5.88. The number of rotatable bonds is 5. The average Bonchev–Trinajstić information content (AvgIpc) is 3.53. The molecule has 2 amide bonds. The van der Waals surface area contributed by atoms with Crippen LogP contribution in [-0.2, 0) is 19.1 Å². The van der Waals surface area contributed by atoms with Crippen molar-refractivity contribution in [1.29, 1.82) is 0 Å². The Bertz CT molecular complexity index is 1070. The molecule has 1 aliphatic carbocycles. The predicted molar refractivity (Wildman–Crippen MR) is 120 cm³/mol. The highest BCUT2D eigenvalue weighted by atomic mass is 16.6. The second-order valence-corrected chi connectivity index (χ2v) is 8.89. The molecule has 0 aromatic heterocycles. The van der Waals surface area contributed by atoms with Crippen molar-refractivity contribution >= 4 is 18.0 Å². The highest BCUT2D eigenvalue weighted by Crippen LogP contribution is 2.44. The van der Waals surface area contributed by atoms with Gasteiger partial charge in [-0.1, -0.05) is 48.5 Å². The summed E-state index contributed by atoms with van der Waals surface area (Å²) in [6, 6.07) is 14.3. The summed E-state index contributed by atoms with van der Waals surface area (Å²) in [6.07, 6.45) is -2.22. The van der Waals surface area contributed by atoms with Crippen molar-refractivity contribution in [2.75, 3.05) is 19.8 Å². The summed E-state index contributed by atoms with van der Waals surface area (Å²) in [5.74, 6) is -1.81. The van der Waals surface area contributed by atoms with Crippen LogP contribution in [0, 0.1) is 0 Å². The van der Waals surface area contributed by atoms with Crippen LogP contribution >= 0.6 is 0 Å². The Hall–Kier alpha value is -3.43. The normalized spacial score (nSPS) is 25.6. The molecule has 34 heavy (non-hydrogen) atoms. The molecule has 178 valence electrons. The van der Waals surface area contributed by atoms with E-state index in [9.17, 15) is 24.6 Å². The molecular formula is C25H26N2O7. The van der Waals surface area contributed by atoms with Gasteiger partial charge in [-0.05, 0) is 28.7 Å². The molecule has 2 aromatic rings. The zero-order valence-electron chi connectivity index (χ0n) is 18.4. The van der Waals surface area contributed by atoms with Crippen molar-refractivity contribution < 1.29 is 34.1 Å². The summed E-state index contributed by atoms with van der Waals surface area (Å²) in [4.78, 5) is 38.2. The van der Waals surface area contributed by atoms with Gasteiger partial charge in [-0.3, -0.25) is 4.79 Å². The maximum absolute atomic E-state index is 13.0. The molecule has 9 nitrogen and oxygen atoms in total. The number of nitrogens with zero attached hydrogens (tertiary/aromatic N) is 1. The molecule has 4 atom stereocenters. The van der Waals surface area contributed by atoms with Crippen LogP contribution < -0.4 is 5.32 Å². The van der Waals surface area contributed by atoms with E-state index in [1.807, 2.05) is 36.4 Å². The van der Waals surface area contributed by atoms with Gasteiger partial charge in [0.25, 0.3) is 5.91 Å². The molecule has 0 saturated carbocycles. The van der Waals surface area contributed by atoms with Gasteiger partial charge in [-0.25, -0.2) is 9.59 Å². The van der Waals surface area contributed by atoms with E-state index in [0.29, 0.717) is 6.42 Å². The zero-order chi connectivity index (χ0) is 23.8. The van der Waals surface area contributed by atoms with Crippen molar-refractivity contribution in [3.05, 3.63) is 59.7 Å². The maximum atomic E-state index is 13.0. The standard InChI is InChI=1S/C25H26N2O7/c28-14-11-21(24(30)31)27(12-14)23(29)22-20(9-10-33-22)26-25(32)34-13-19-17-7-3-1-5-15(17)16-6-2-4-8-18(16)19/h1-8,14,19-22,28H,9-13H2,(H,26,32)(H,30,31)/t14?,20-,21?,22+/m0/s1. The number of alkyl carbamates (subject to hydrolysis) is 1. The lowest BCUT2D eigenvalue weighted by Crippen LogP contribution is -2.52. The summed E-state index contributed by atoms with van der Waals surface area (Å²) in [7, 11) is 0. The second-order valence-electron chi connectivity index (χ2n) is 8.89. The first kappa shape index (κ1) is 22.4. The number of benzene rings is 2. The number of carboxylic acids is 1. The lowest BCUT2D eigenvalue weighted by molar-refractivity contribution is -0.152. The van der Waals surface area contributed by atoms with Gasteiger partial charge in [0.05, 0.1) is 12.1 Å². The van der Waals surface area contributed by atoms with Crippen molar-refractivity contribution in [2.24, 2.45) is 0 Å². The maximum Gasteiger partial charge on any atom is 0.407 e. The number of fused-ring (bicyclic) bond motifs is 3. The fourth-order valence-corrected chi connectivity index (χ4v) is 5.23. The zero-order valence-corrected chi connectivity index (χ0v) is 18.4. The Morgan fingerprint density at radius 2 is 1.71 bits per heavy atom. The van der Waals surface area contributed by atoms with Crippen LogP contribution in [0.2, 0.25) is 0 Å². The monoisotopic (exact) mass is 466 g/mol. The number of aliphatic hydroxyl groups excluding tert-OH is 1. The molecule has 2 fully saturated rings. The van der Waals surface area contributed by atoms with Crippen LogP contribution in [0.5, 0.6) is 0 Å². The Kier molecular flexibility index (Phi) is 5.97. The molecule has 0 spiro atoms. The second kappa shape index (κ2) is 9.08. The Morgan fingerprint density at radius 1 is 1.06 bits per heavy atom. The average molecular weight is 466 g/mol. The largest absolute Gasteiger partial charge is 0.480 e. The fraction of sp³-hybridized carbons (Fsp3) is 0.400. The SMILES string of the molecule is O=C(N[C@H]1CCO[C@H]1C(=O)N1CC(O)CC1C(=O)O)OCC1c2ccccc2-c2ccccc21. The number of hydrogen-bond donors (Lipinski definition) is 3. The van der Waals surface area contributed by atoms with E-state index in [1.54, 1.807) is 0 Å². The van der Waals surface area contributed by atoms with Gasteiger partial charge < -0.3 is 29.9 Å². The number of β-amino-alcohol motifs (C(OH)–C–C–N with tert-alkyl or cyclic N) is 1. The molecule has 2 saturated heterocycles. The number of hydrogen-bond acceptors (Lipinski definition) is 6. The minimum absolute atomic E-state index is 0.0295. The van der Waals surface area contributed by atoms with Crippen LogP contribution in [0.25, 0.3) is 11.1 Å². The molecule has 0 radical (unpaired) electrons. The van der Waals surface area contributed by atoms with Crippen molar-refractivity contribution in [1.82, 2.24) is 10.2 Å². The van der Waals surface area contributed by atoms with Crippen LogP contribution in [0.1, 0.15) is 29.9 Å². The Labute approximate surface area is 196 Å². The van der Waals surface area contributed by atoms with Crippen LogP contribution in [0.4, 0.5) is 4.79 Å². The molecular weight excluding hydrogens is 440 g/mol. The van der Waals surface area contributed by atoms with Gasteiger partial charge in [0.2, 0.25) is 0 Å².